The number of nitrogens with zero attached hydrogens (tertiary/aromatic N) is 3. The van der Waals surface area contributed by atoms with E-state index in [0.717, 1.165) is 49.4 Å². The van der Waals surface area contributed by atoms with Crippen molar-refractivity contribution in [3.63, 3.8) is 0 Å². The van der Waals surface area contributed by atoms with Crippen molar-refractivity contribution < 1.29 is 0 Å². The van der Waals surface area contributed by atoms with Crippen molar-refractivity contribution in [1.82, 2.24) is 20.5 Å². The molecule has 0 saturated carbocycles. The van der Waals surface area contributed by atoms with Gasteiger partial charge in [-0.2, -0.15) is 0 Å². The zero-order valence-electron chi connectivity index (χ0n) is 15.7. The van der Waals surface area contributed by atoms with Gasteiger partial charge in [-0.3, -0.25) is 4.90 Å². The minimum absolute atomic E-state index is 0. The summed E-state index contributed by atoms with van der Waals surface area (Å²) < 4.78 is 0. The fraction of sp³-hybridized carbons (Fsp3) is 0.556. The third-order valence-electron chi connectivity index (χ3n) is 4.40. The number of fused-ring (bicyclic) bond motifs is 1. The van der Waals surface area contributed by atoms with Crippen LogP contribution < -0.4 is 10.6 Å². The molecule has 0 amide bonds. The summed E-state index contributed by atoms with van der Waals surface area (Å²) in [6, 6.07) is 2.27. The van der Waals surface area contributed by atoms with Gasteiger partial charge in [-0.15, -0.1) is 46.7 Å². The van der Waals surface area contributed by atoms with E-state index in [2.05, 4.69) is 57.7 Å². The van der Waals surface area contributed by atoms with Crippen LogP contribution in [0.2, 0.25) is 0 Å². The Morgan fingerprint density at radius 2 is 2.19 bits per heavy atom. The van der Waals surface area contributed by atoms with E-state index in [0.29, 0.717) is 6.54 Å². The lowest BCUT2D eigenvalue weighted by atomic mass is 10.1. The first-order valence-corrected chi connectivity index (χ1v) is 10.6. The van der Waals surface area contributed by atoms with E-state index in [1.54, 1.807) is 16.2 Å². The molecular formula is C18H28IN5S2. The van der Waals surface area contributed by atoms with Gasteiger partial charge in [0.15, 0.2) is 5.96 Å². The highest BCUT2D eigenvalue weighted by atomic mass is 127. The molecular weight excluding hydrogens is 477 g/mol. The molecule has 0 aromatic carbocycles. The number of guanidine groups is 1. The van der Waals surface area contributed by atoms with E-state index in [1.165, 1.54) is 16.9 Å². The van der Waals surface area contributed by atoms with E-state index in [-0.39, 0.29) is 24.0 Å². The van der Waals surface area contributed by atoms with E-state index < -0.39 is 0 Å². The Hall–Kier alpha value is -0.710. The van der Waals surface area contributed by atoms with Crippen LogP contribution in [0.25, 0.3) is 0 Å². The van der Waals surface area contributed by atoms with Gasteiger partial charge in [0.05, 0.1) is 12.2 Å². The minimum Gasteiger partial charge on any atom is -0.357 e. The maximum atomic E-state index is 4.67. The lowest BCUT2D eigenvalue weighted by Gasteiger charge is -2.27. The Morgan fingerprint density at radius 3 is 2.92 bits per heavy atom. The molecule has 2 N–H and O–H groups in total. The van der Waals surface area contributed by atoms with Crippen LogP contribution in [-0.4, -0.2) is 42.0 Å². The van der Waals surface area contributed by atoms with Gasteiger partial charge in [-0.1, -0.05) is 0 Å². The molecule has 0 spiro atoms. The summed E-state index contributed by atoms with van der Waals surface area (Å²) in [6.07, 6.45) is 1.18. The lowest BCUT2D eigenvalue weighted by molar-refractivity contribution is 0.260. The summed E-state index contributed by atoms with van der Waals surface area (Å²) in [4.78, 5) is 14.6. The molecule has 0 fully saturated rings. The first-order chi connectivity index (χ1) is 12.2. The maximum absolute atomic E-state index is 4.67. The fourth-order valence-electron chi connectivity index (χ4n) is 2.93. The number of aromatic nitrogens is 1. The monoisotopic (exact) mass is 505 g/mol. The van der Waals surface area contributed by atoms with Crippen molar-refractivity contribution in [2.45, 2.75) is 40.3 Å². The summed E-state index contributed by atoms with van der Waals surface area (Å²) in [6.45, 7) is 11.9. The normalized spacial score (nSPS) is 14.7. The van der Waals surface area contributed by atoms with Gasteiger partial charge >= 0.3 is 0 Å². The van der Waals surface area contributed by atoms with Gasteiger partial charge in [0, 0.05) is 42.5 Å². The second-order valence-electron chi connectivity index (χ2n) is 6.27. The van der Waals surface area contributed by atoms with Crippen molar-refractivity contribution in [1.29, 1.82) is 0 Å². The molecule has 1 aliphatic heterocycles. The molecule has 0 saturated heterocycles. The predicted octanol–water partition coefficient (Wildman–Crippen LogP) is 3.55. The van der Waals surface area contributed by atoms with Gasteiger partial charge in [-0.25, -0.2) is 9.98 Å². The van der Waals surface area contributed by atoms with Gasteiger partial charge < -0.3 is 10.6 Å². The number of thiophene rings is 1. The van der Waals surface area contributed by atoms with E-state index in [9.17, 15) is 0 Å². The lowest BCUT2D eigenvalue weighted by Crippen LogP contribution is -2.42. The quantitative estimate of drug-likeness (QED) is 0.358. The Labute approximate surface area is 181 Å². The second kappa shape index (κ2) is 10.6. The smallest absolute Gasteiger partial charge is 0.191 e. The van der Waals surface area contributed by atoms with Crippen molar-refractivity contribution >= 4 is 52.6 Å². The van der Waals surface area contributed by atoms with Crippen LogP contribution >= 0.6 is 46.7 Å². The minimum atomic E-state index is 0. The van der Waals surface area contributed by atoms with Crippen molar-refractivity contribution in [2.24, 2.45) is 4.99 Å². The summed E-state index contributed by atoms with van der Waals surface area (Å²) >= 11 is 3.63. The van der Waals surface area contributed by atoms with Crippen molar-refractivity contribution in [3.8, 4) is 0 Å². The highest BCUT2D eigenvalue weighted by Crippen LogP contribution is 2.23. The van der Waals surface area contributed by atoms with Crippen molar-refractivity contribution in [3.05, 3.63) is 37.5 Å². The average Bonchev–Trinajstić information content (AvgIpc) is 3.19. The van der Waals surface area contributed by atoms with E-state index in [4.69, 9.17) is 0 Å². The third kappa shape index (κ3) is 5.90. The molecule has 2 aromatic heterocycles. The number of aryl methyl sites for hydroxylation is 2. The summed E-state index contributed by atoms with van der Waals surface area (Å²) in [5.41, 5.74) is 2.62. The number of rotatable bonds is 6. The maximum Gasteiger partial charge on any atom is 0.191 e. The van der Waals surface area contributed by atoms with E-state index >= 15 is 0 Å². The highest BCUT2D eigenvalue weighted by molar-refractivity contribution is 14.0. The Morgan fingerprint density at radius 1 is 1.35 bits per heavy atom. The molecule has 0 bridgehead atoms. The molecule has 1 aliphatic rings. The van der Waals surface area contributed by atoms with E-state index in [1.807, 2.05) is 11.3 Å². The molecule has 5 nitrogen and oxygen atoms in total. The fourth-order valence-corrected chi connectivity index (χ4v) is 4.67. The van der Waals surface area contributed by atoms with Crippen LogP contribution in [0, 0.1) is 13.8 Å². The standard InChI is InChI=1S/C18H27N5S2.HI/c1-4-19-18(21-11-17-22-13(2)14(3)25-17)20-7-9-23-8-5-16-15(12-23)6-10-24-16;/h6,10H,4-5,7-9,11-12H2,1-3H3,(H2,19,20,21);1H. The third-order valence-corrected chi connectivity index (χ3v) is 6.48. The number of aliphatic imine (C=N–C) groups is 1. The molecule has 0 radical (unpaired) electrons. The van der Waals surface area contributed by atoms with Gasteiger partial charge in [0.1, 0.15) is 5.01 Å². The molecule has 0 atom stereocenters. The Bertz CT molecular complexity index is 705. The van der Waals surface area contributed by atoms with Crippen LogP contribution in [0.5, 0.6) is 0 Å². The topological polar surface area (TPSA) is 52.6 Å². The van der Waals surface area contributed by atoms with Crippen LogP contribution in [0.1, 0.15) is 32.9 Å². The Kier molecular flexibility index (Phi) is 8.78. The molecule has 2 aromatic rings. The second-order valence-corrected chi connectivity index (χ2v) is 8.55. The molecule has 144 valence electrons. The van der Waals surface area contributed by atoms with Crippen LogP contribution in [0.3, 0.4) is 0 Å². The van der Waals surface area contributed by atoms with Gasteiger partial charge in [0.25, 0.3) is 0 Å². The van der Waals surface area contributed by atoms with Crippen molar-refractivity contribution in [2.75, 3.05) is 26.2 Å². The summed E-state index contributed by atoms with van der Waals surface area (Å²) in [7, 11) is 0. The number of hydrogen-bond donors (Lipinski definition) is 2. The zero-order chi connectivity index (χ0) is 17.6. The molecule has 3 rings (SSSR count). The SMILES string of the molecule is CCNC(=NCc1nc(C)c(C)s1)NCCN1CCc2sccc2C1.I. The van der Waals surface area contributed by atoms with Crippen LogP contribution in [-0.2, 0) is 19.5 Å². The zero-order valence-corrected chi connectivity index (χ0v) is 19.6. The first-order valence-electron chi connectivity index (χ1n) is 8.88. The summed E-state index contributed by atoms with van der Waals surface area (Å²) in [5, 5.41) is 10.1. The molecule has 0 aliphatic carbocycles. The first kappa shape index (κ1) is 21.6. The van der Waals surface area contributed by atoms with Gasteiger partial charge in [0.2, 0.25) is 0 Å². The Balaban J connectivity index is 0.00000243. The number of nitrogens with one attached hydrogen (secondary N) is 2. The molecule has 0 unspecified atom stereocenters. The molecule has 3 heterocycles. The largest absolute Gasteiger partial charge is 0.357 e. The summed E-state index contributed by atoms with van der Waals surface area (Å²) in [5.74, 6) is 0.876. The van der Waals surface area contributed by atoms with Crippen LogP contribution in [0.15, 0.2) is 16.4 Å². The highest BCUT2D eigenvalue weighted by Gasteiger charge is 2.16. The number of hydrogen-bond acceptors (Lipinski definition) is 5. The predicted molar refractivity (Wildman–Crippen MR) is 123 cm³/mol. The van der Waals surface area contributed by atoms with Gasteiger partial charge in [-0.05, 0) is 44.2 Å². The van der Waals surface area contributed by atoms with Crippen LogP contribution in [0.4, 0.5) is 0 Å². The molecule has 8 heteroatoms. The molecule has 26 heavy (non-hydrogen) atoms. The average molecular weight is 505 g/mol. The number of halogens is 1. The number of thiazole rings is 1.